The number of nitrogens with zero attached hydrogens (tertiary/aromatic N) is 4. The van der Waals surface area contributed by atoms with Gasteiger partial charge in [0.05, 0.1) is 5.65 Å². The summed E-state index contributed by atoms with van der Waals surface area (Å²) in [5.41, 5.74) is 6.08. The first kappa shape index (κ1) is 25.7. The molecular weight excluding hydrogens is 643 g/mol. The Morgan fingerprint density at radius 3 is 2.39 bits per heavy atom. The van der Waals surface area contributed by atoms with Crippen molar-refractivity contribution in [3.63, 3.8) is 0 Å². The Bertz CT molecular complexity index is 1690. The molecule has 1 radical (unpaired) electrons. The van der Waals surface area contributed by atoms with Crippen LogP contribution >= 0.6 is 0 Å². The van der Waals surface area contributed by atoms with Crippen LogP contribution in [0.2, 0.25) is 0 Å². The van der Waals surface area contributed by atoms with E-state index in [1.807, 2.05) is 55.0 Å². The van der Waals surface area contributed by atoms with E-state index in [-0.39, 0.29) is 27.0 Å². The van der Waals surface area contributed by atoms with Crippen LogP contribution in [-0.4, -0.2) is 21.2 Å². The molecule has 0 saturated heterocycles. The molecule has 0 atom stereocenters. The van der Waals surface area contributed by atoms with Gasteiger partial charge in [-0.1, -0.05) is 65.0 Å². The Morgan fingerprint density at radius 1 is 0.789 bits per heavy atom. The van der Waals surface area contributed by atoms with Crippen molar-refractivity contribution in [2.75, 3.05) is 4.81 Å². The molecule has 0 aliphatic carbocycles. The first-order valence-corrected chi connectivity index (χ1v) is 12.4. The second-order valence-corrected chi connectivity index (χ2v) is 9.09. The zero-order chi connectivity index (χ0) is 25.2. The molecule has 0 N–H and O–H groups in total. The van der Waals surface area contributed by atoms with Crippen molar-refractivity contribution in [2.45, 2.75) is 13.8 Å². The zero-order valence-electron chi connectivity index (χ0n) is 21.2. The van der Waals surface area contributed by atoms with Gasteiger partial charge in [-0.05, 0) is 36.8 Å². The number of imidazole rings is 1. The fourth-order valence-corrected chi connectivity index (χ4v) is 5.12. The van der Waals surface area contributed by atoms with Crippen molar-refractivity contribution < 1.29 is 20.1 Å². The summed E-state index contributed by atoms with van der Waals surface area (Å²) in [6.07, 6.45) is 12.9. The number of anilines is 1. The van der Waals surface area contributed by atoms with Gasteiger partial charge in [-0.3, -0.25) is 4.98 Å². The molecule has 4 nitrogen and oxygen atoms in total. The van der Waals surface area contributed by atoms with E-state index in [1.54, 1.807) is 0 Å². The minimum Gasteiger partial charge on any atom is -0.480 e. The molecule has 0 amide bonds. The Hall–Kier alpha value is -3.99. The van der Waals surface area contributed by atoms with E-state index >= 15 is 0 Å². The van der Waals surface area contributed by atoms with Crippen LogP contribution in [0.4, 0.5) is 5.82 Å². The summed E-state index contributed by atoms with van der Waals surface area (Å²) in [5.74, 6) is 3.11. The van der Waals surface area contributed by atoms with Crippen LogP contribution in [0.15, 0.2) is 116 Å². The van der Waals surface area contributed by atoms with Crippen LogP contribution in [0, 0.1) is 26.1 Å². The summed E-state index contributed by atoms with van der Waals surface area (Å²) in [6.45, 7) is 4.46. The van der Waals surface area contributed by atoms with Crippen LogP contribution in [0.3, 0.4) is 0 Å². The van der Waals surface area contributed by atoms with Gasteiger partial charge in [-0.25, -0.2) is 0 Å². The number of hydrogen-bond acceptors (Lipinski definition) is 3. The van der Waals surface area contributed by atoms with Crippen molar-refractivity contribution in [2.24, 2.45) is 0 Å². The normalized spacial score (nSPS) is 12.5. The van der Waals surface area contributed by atoms with Crippen molar-refractivity contribution >= 4 is 45.5 Å². The van der Waals surface area contributed by atoms with Crippen LogP contribution in [0.25, 0.3) is 27.3 Å². The SMILES string of the molecule is Cc1cccc(C)c1B1C=CC=[C-]N1c1ccccn1.[Ir].[c-]1cccc2c1c1nccn1c1ccccc21. The summed E-state index contributed by atoms with van der Waals surface area (Å²) in [6, 6.07) is 30.1. The Kier molecular flexibility index (Phi) is 7.55. The van der Waals surface area contributed by atoms with Gasteiger partial charge in [0, 0.05) is 50.0 Å². The quantitative estimate of drug-likeness (QED) is 0.124. The molecule has 0 saturated carbocycles. The minimum absolute atomic E-state index is 0. The number of rotatable bonds is 2. The Morgan fingerprint density at radius 2 is 1.58 bits per heavy atom. The van der Waals surface area contributed by atoms with Gasteiger partial charge >= 0.3 is 0 Å². The summed E-state index contributed by atoms with van der Waals surface area (Å²) >= 11 is 0. The standard InChI is InChI=1S/C17H16BN2.C15H9N2.Ir/c1-14-8-7-9-15(2)17(14)18-11-4-6-13-20(18)16-10-3-5-12-19-16;1-2-7-13-11(5-1)12-6-3-4-8-14(12)17-10-9-16-15(13)17;/h3-12H,1-2H3;1-6,8-10H;/q2*-1;. The predicted octanol–water partition coefficient (Wildman–Crippen LogP) is 6.27. The van der Waals surface area contributed by atoms with Crippen molar-refractivity contribution in [3.05, 3.63) is 139 Å². The molecule has 1 aliphatic heterocycles. The number of aromatic nitrogens is 3. The van der Waals surface area contributed by atoms with Gasteiger partial charge in [0.1, 0.15) is 0 Å². The molecule has 0 bridgehead atoms. The number of fused-ring (bicyclic) bond motifs is 6. The third-order valence-electron chi connectivity index (χ3n) is 6.79. The average Bonchev–Trinajstić information content (AvgIpc) is 3.45. The predicted molar refractivity (Wildman–Crippen MR) is 154 cm³/mol. The first-order chi connectivity index (χ1) is 18.2. The number of allylic oxidation sites excluding steroid dienone is 2. The van der Waals surface area contributed by atoms with Crippen LogP contribution in [0.1, 0.15) is 11.1 Å². The topological polar surface area (TPSA) is 33.4 Å². The van der Waals surface area contributed by atoms with Gasteiger partial charge < -0.3 is 14.2 Å². The van der Waals surface area contributed by atoms with Gasteiger partial charge in [0.25, 0.3) is 6.85 Å². The van der Waals surface area contributed by atoms with Gasteiger partial charge in [-0.2, -0.15) is 12.2 Å². The molecule has 7 rings (SSSR count). The van der Waals surface area contributed by atoms with Gasteiger partial charge in [-0.15, -0.1) is 41.8 Å². The molecule has 187 valence electrons. The van der Waals surface area contributed by atoms with E-state index in [0.29, 0.717) is 0 Å². The molecule has 0 fully saturated rings. The number of pyridine rings is 2. The van der Waals surface area contributed by atoms with E-state index < -0.39 is 0 Å². The zero-order valence-corrected chi connectivity index (χ0v) is 23.6. The summed E-state index contributed by atoms with van der Waals surface area (Å²) in [7, 11) is 0. The van der Waals surface area contributed by atoms with Crippen LogP contribution in [0.5, 0.6) is 0 Å². The fourth-order valence-electron chi connectivity index (χ4n) is 5.12. The van der Waals surface area contributed by atoms with Crippen LogP contribution in [-0.2, 0) is 20.1 Å². The number of aryl methyl sites for hydroxylation is 2. The summed E-state index contributed by atoms with van der Waals surface area (Å²) in [5, 5.41) is 3.53. The second-order valence-electron chi connectivity index (χ2n) is 9.09. The average molecular weight is 669 g/mol. The minimum atomic E-state index is 0. The molecule has 1 aliphatic rings. The van der Waals surface area contributed by atoms with E-state index in [0.717, 1.165) is 16.9 Å². The number of para-hydroxylation sites is 1. The molecule has 38 heavy (non-hydrogen) atoms. The monoisotopic (exact) mass is 669 g/mol. The molecule has 3 aromatic heterocycles. The molecule has 6 heteroatoms. The van der Waals surface area contributed by atoms with Gasteiger partial charge in [0.15, 0.2) is 0 Å². The third-order valence-corrected chi connectivity index (χ3v) is 6.79. The summed E-state index contributed by atoms with van der Waals surface area (Å²) in [4.78, 5) is 11.0. The van der Waals surface area contributed by atoms with Crippen LogP contribution < -0.4 is 10.3 Å². The van der Waals surface area contributed by atoms with E-state index in [1.165, 1.54) is 32.9 Å². The summed E-state index contributed by atoms with van der Waals surface area (Å²) < 4.78 is 2.12. The maximum atomic E-state index is 4.45. The first-order valence-electron chi connectivity index (χ1n) is 12.4. The number of hydrogen-bond donors (Lipinski definition) is 0. The molecule has 0 spiro atoms. The Labute approximate surface area is 236 Å². The fraction of sp³-hybridized carbons (Fsp3) is 0.0625. The maximum absolute atomic E-state index is 4.45. The van der Waals surface area contributed by atoms with Crippen molar-refractivity contribution in [3.8, 4) is 0 Å². The molecule has 0 unspecified atom stereocenters. The van der Waals surface area contributed by atoms with Gasteiger partial charge in [0.2, 0.25) is 0 Å². The Balaban J connectivity index is 0.000000152. The molecule has 3 aromatic carbocycles. The molecule has 4 heterocycles. The largest absolute Gasteiger partial charge is 0.480 e. The van der Waals surface area contributed by atoms with E-state index in [4.69, 9.17) is 0 Å². The molecule has 6 aromatic rings. The number of benzene rings is 3. The maximum Gasteiger partial charge on any atom is 0.285 e. The second kappa shape index (κ2) is 11.2. The van der Waals surface area contributed by atoms with Crippen molar-refractivity contribution in [1.82, 2.24) is 14.4 Å². The third kappa shape index (κ3) is 4.69. The van der Waals surface area contributed by atoms with E-state index in [2.05, 4.69) is 106 Å². The van der Waals surface area contributed by atoms with E-state index in [9.17, 15) is 0 Å². The smallest absolute Gasteiger partial charge is 0.285 e. The molecular formula is C32H25BIrN4-2. The van der Waals surface area contributed by atoms with Crippen molar-refractivity contribution in [1.29, 1.82) is 0 Å².